The van der Waals surface area contributed by atoms with Gasteiger partial charge in [0.1, 0.15) is 18.0 Å². The van der Waals surface area contributed by atoms with Gasteiger partial charge in [-0.05, 0) is 32.6 Å². The fourth-order valence-corrected chi connectivity index (χ4v) is 2.15. The van der Waals surface area contributed by atoms with Gasteiger partial charge in [0.05, 0.1) is 0 Å². The lowest BCUT2D eigenvalue weighted by atomic mass is 9.78. The quantitative estimate of drug-likeness (QED) is 0.817. The molecule has 0 atom stereocenters. The molecule has 4 nitrogen and oxygen atoms in total. The lowest BCUT2D eigenvalue weighted by Gasteiger charge is -2.40. The molecule has 1 fully saturated rings. The molecule has 1 heterocycles. The highest BCUT2D eigenvalue weighted by atomic mass is 15.1. The maximum Gasteiger partial charge on any atom is 0.135 e. The topological polar surface area (TPSA) is 63.8 Å². The van der Waals surface area contributed by atoms with Gasteiger partial charge in [-0.2, -0.15) is 0 Å². The number of nitrogens with two attached hydrogens (primary N) is 1. The Morgan fingerprint density at radius 1 is 1.44 bits per heavy atom. The number of anilines is 2. The molecule has 1 saturated carbocycles. The molecule has 0 saturated heterocycles. The van der Waals surface area contributed by atoms with E-state index in [1.165, 1.54) is 19.3 Å². The minimum absolute atomic E-state index is 0.212. The van der Waals surface area contributed by atoms with Gasteiger partial charge in [0.2, 0.25) is 0 Å². The number of rotatable bonds is 4. The first-order chi connectivity index (χ1) is 7.64. The van der Waals surface area contributed by atoms with E-state index in [0.29, 0.717) is 5.82 Å². The Bertz CT molecular complexity index is 371. The van der Waals surface area contributed by atoms with Crippen LogP contribution in [0.4, 0.5) is 11.6 Å². The summed E-state index contributed by atoms with van der Waals surface area (Å²) in [6, 6.07) is 0. The van der Waals surface area contributed by atoms with Crippen molar-refractivity contribution in [1.82, 2.24) is 9.97 Å². The van der Waals surface area contributed by atoms with Crippen molar-refractivity contribution in [3.05, 3.63) is 11.9 Å². The van der Waals surface area contributed by atoms with Gasteiger partial charge in [0, 0.05) is 11.1 Å². The van der Waals surface area contributed by atoms with Crippen molar-refractivity contribution in [2.45, 2.75) is 51.5 Å². The lowest BCUT2D eigenvalue weighted by molar-refractivity contribution is 0.305. The van der Waals surface area contributed by atoms with Crippen molar-refractivity contribution in [2.75, 3.05) is 11.1 Å². The van der Waals surface area contributed by atoms with Crippen molar-refractivity contribution < 1.29 is 0 Å². The largest absolute Gasteiger partial charge is 0.383 e. The van der Waals surface area contributed by atoms with E-state index >= 15 is 0 Å². The number of hydrogen-bond acceptors (Lipinski definition) is 4. The van der Waals surface area contributed by atoms with E-state index in [2.05, 4.69) is 29.1 Å². The van der Waals surface area contributed by atoms with Gasteiger partial charge >= 0.3 is 0 Å². The SMILES string of the molecule is CCCc1c(N)ncnc1NC1(C)CCC1. The third-order valence-corrected chi connectivity index (χ3v) is 3.36. The fourth-order valence-electron chi connectivity index (χ4n) is 2.15. The van der Waals surface area contributed by atoms with Crippen LogP contribution in [0.1, 0.15) is 45.1 Å². The van der Waals surface area contributed by atoms with Gasteiger partial charge in [-0.25, -0.2) is 9.97 Å². The third-order valence-electron chi connectivity index (χ3n) is 3.36. The summed E-state index contributed by atoms with van der Waals surface area (Å²) in [7, 11) is 0. The smallest absolute Gasteiger partial charge is 0.135 e. The average Bonchev–Trinajstić information content (AvgIpc) is 2.21. The lowest BCUT2D eigenvalue weighted by Crippen LogP contribution is -2.42. The molecule has 1 aromatic rings. The van der Waals surface area contributed by atoms with E-state index < -0.39 is 0 Å². The molecule has 0 radical (unpaired) electrons. The standard InChI is InChI=1S/C12H20N4/c1-3-5-9-10(13)14-8-15-11(9)16-12(2)6-4-7-12/h8H,3-7H2,1-2H3,(H3,13,14,15,16). The first-order valence-electron chi connectivity index (χ1n) is 6.02. The number of nitrogens with zero attached hydrogens (tertiary/aromatic N) is 2. The van der Waals surface area contributed by atoms with Crippen LogP contribution < -0.4 is 11.1 Å². The molecule has 88 valence electrons. The average molecular weight is 220 g/mol. The van der Waals surface area contributed by atoms with Crippen LogP contribution in [0.25, 0.3) is 0 Å². The number of aromatic nitrogens is 2. The van der Waals surface area contributed by atoms with Crippen LogP contribution in [0.2, 0.25) is 0 Å². The number of hydrogen-bond donors (Lipinski definition) is 2. The van der Waals surface area contributed by atoms with Gasteiger partial charge < -0.3 is 11.1 Å². The molecule has 3 N–H and O–H groups in total. The zero-order valence-electron chi connectivity index (χ0n) is 10.1. The molecular formula is C12H20N4. The van der Waals surface area contributed by atoms with Gasteiger partial charge in [0.15, 0.2) is 0 Å². The van der Waals surface area contributed by atoms with Gasteiger partial charge in [-0.3, -0.25) is 0 Å². The summed E-state index contributed by atoms with van der Waals surface area (Å²) in [6.45, 7) is 4.38. The van der Waals surface area contributed by atoms with Crippen molar-refractivity contribution in [2.24, 2.45) is 0 Å². The van der Waals surface area contributed by atoms with Crippen molar-refractivity contribution in [3.8, 4) is 0 Å². The van der Waals surface area contributed by atoms with Crippen LogP contribution >= 0.6 is 0 Å². The van der Waals surface area contributed by atoms with Crippen molar-refractivity contribution in [3.63, 3.8) is 0 Å². The van der Waals surface area contributed by atoms with Crippen molar-refractivity contribution in [1.29, 1.82) is 0 Å². The molecule has 2 rings (SSSR count). The second-order valence-corrected chi connectivity index (χ2v) is 4.88. The van der Waals surface area contributed by atoms with E-state index in [0.717, 1.165) is 24.2 Å². The van der Waals surface area contributed by atoms with Crippen LogP contribution in [-0.4, -0.2) is 15.5 Å². The minimum Gasteiger partial charge on any atom is -0.383 e. The highest BCUT2D eigenvalue weighted by molar-refractivity contribution is 5.56. The van der Waals surface area contributed by atoms with E-state index in [1.807, 2.05) is 0 Å². The zero-order chi connectivity index (χ0) is 11.6. The number of nitrogen functional groups attached to an aromatic ring is 1. The summed E-state index contributed by atoms with van der Waals surface area (Å²) in [5.41, 5.74) is 7.17. The minimum atomic E-state index is 0.212. The predicted molar refractivity (Wildman–Crippen MR) is 66.3 cm³/mol. The molecule has 0 spiro atoms. The Morgan fingerprint density at radius 3 is 2.75 bits per heavy atom. The van der Waals surface area contributed by atoms with Gasteiger partial charge in [-0.1, -0.05) is 13.3 Å². The molecule has 1 aliphatic carbocycles. The van der Waals surface area contributed by atoms with Gasteiger partial charge in [-0.15, -0.1) is 0 Å². The fraction of sp³-hybridized carbons (Fsp3) is 0.667. The molecule has 0 unspecified atom stereocenters. The third kappa shape index (κ3) is 2.10. The van der Waals surface area contributed by atoms with Crippen LogP contribution in [-0.2, 0) is 6.42 Å². The van der Waals surface area contributed by atoms with E-state index in [1.54, 1.807) is 6.33 Å². The Balaban J connectivity index is 2.21. The van der Waals surface area contributed by atoms with E-state index in [4.69, 9.17) is 5.73 Å². The Morgan fingerprint density at radius 2 is 2.19 bits per heavy atom. The molecule has 0 aliphatic heterocycles. The van der Waals surface area contributed by atoms with Crippen LogP contribution in [0.15, 0.2) is 6.33 Å². The number of nitrogens with one attached hydrogen (secondary N) is 1. The Kier molecular flexibility index (Phi) is 2.99. The normalized spacial score (nSPS) is 17.9. The summed E-state index contributed by atoms with van der Waals surface area (Å²) < 4.78 is 0. The first-order valence-corrected chi connectivity index (χ1v) is 6.02. The van der Waals surface area contributed by atoms with Gasteiger partial charge in [0.25, 0.3) is 0 Å². The van der Waals surface area contributed by atoms with Crippen molar-refractivity contribution >= 4 is 11.6 Å². The highest BCUT2D eigenvalue weighted by Crippen LogP contribution is 2.35. The maximum atomic E-state index is 5.89. The zero-order valence-corrected chi connectivity index (χ0v) is 10.1. The molecule has 0 aromatic carbocycles. The summed E-state index contributed by atoms with van der Waals surface area (Å²) in [4.78, 5) is 8.38. The molecule has 1 aromatic heterocycles. The van der Waals surface area contributed by atoms with E-state index in [-0.39, 0.29) is 5.54 Å². The molecule has 0 amide bonds. The molecule has 1 aliphatic rings. The predicted octanol–water partition coefficient (Wildman–Crippen LogP) is 2.37. The molecule has 16 heavy (non-hydrogen) atoms. The summed E-state index contributed by atoms with van der Waals surface area (Å²) in [5.74, 6) is 1.54. The molecular weight excluding hydrogens is 200 g/mol. The Labute approximate surface area is 96.7 Å². The maximum absolute atomic E-state index is 5.89. The van der Waals surface area contributed by atoms with Crippen LogP contribution in [0.3, 0.4) is 0 Å². The first kappa shape index (κ1) is 11.2. The molecule has 0 bridgehead atoms. The monoisotopic (exact) mass is 220 g/mol. The van der Waals surface area contributed by atoms with Crippen LogP contribution in [0, 0.1) is 0 Å². The second kappa shape index (κ2) is 4.28. The summed E-state index contributed by atoms with van der Waals surface area (Å²) >= 11 is 0. The summed E-state index contributed by atoms with van der Waals surface area (Å²) in [6.07, 6.45) is 7.25. The van der Waals surface area contributed by atoms with Crippen LogP contribution in [0.5, 0.6) is 0 Å². The van der Waals surface area contributed by atoms with E-state index in [9.17, 15) is 0 Å². The summed E-state index contributed by atoms with van der Waals surface area (Å²) in [5, 5.41) is 3.52. The Hall–Kier alpha value is -1.32. The molecule has 4 heteroatoms. The highest BCUT2D eigenvalue weighted by Gasteiger charge is 2.32. The second-order valence-electron chi connectivity index (χ2n) is 4.88.